The lowest BCUT2D eigenvalue weighted by Gasteiger charge is -2.13. The molecule has 0 amide bonds. The molecule has 0 saturated carbocycles. The molecule has 1 aliphatic rings. The van der Waals surface area contributed by atoms with Crippen LogP contribution in [0.3, 0.4) is 0 Å². The predicted molar refractivity (Wildman–Crippen MR) is 53.5 cm³/mol. The molecule has 78 valence electrons. The summed E-state index contributed by atoms with van der Waals surface area (Å²) in [5, 5.41) is 10.5. The molecule has 5 heteroatoms. The van der Waals surface area contributed by atoms with Crippen LogP contribution in [0.15, 0.2) is 23.9 Å². The van der Waals surface area contributed by atoms with Crippen LogP contribution in [0.1, 0.15) is 5.56 Å². The third-order valence-electron chi connectivity index (χ3n) is 2.15. The quantitative estimate of drug-likeness (QED) is 0.547. The molecular formula is C10H9NO4. The maximum Gasteiger partial charge on any atom is 0.284 e. The lowest BCUT2D eigenvalue weighted by atomic mass is 10.1. The Morgan fingerprint density at radius 1 is 1.53 bits per heavy atom. The number of nitro groups is 1. The molecule has 5 nitrogen and oxygen atoms in total. The first-order valence-corrected chi connectivity index (χ1v) is 4.36. The van der Waals surface area contributed by atoms with Crippen LogP contribution in [0.2, 0.25) is 0 Å². The van der Waals surface area contributed by atoms with Gasteiger partial charge in [-0.1, -0.05) is 0 Å². The largest absolute Gasteiger partial charge is 0.497 e. The Hall–Kier alpha value is -2.04. The van der Waals surface area contributed by atoms with E-state index in [4.69, 9.17) is 9.47 Å². The minimum absolute atomic E-state index is 0.00628. The summed E-state index contributed by atoms with van der Waals surface area (Å²) in [5.74, 6) is 1.29. The van der Waals surface area contributed by atoms with Gasteiger partial charge in [0.2, 0.25) is 0 Å². The van der Waals surface area contributed by atoms with Gasteiger partial charge in [-0.25, -0.2) is 0 Å². The van der Waals surface area contributed by atoms with Crippen molar-refractivity contribution < 1.29 is 14.4 Å². The zero-order chi connectivity index (χ0) is 10.8. The standard InChI is InChI=1S/C10H9NO4/c1-14-9-2-3-10-7(5-9)4-8(6-15-10)11(12)13/h2-5H,6H2,1H3. The first kappa shape index (κ1) is 9.51. The Labute approximate surface area is 86.1 Å². The number of hydrogen-bond donors (Lipinski definition) is 0. The van der Waals surface area contributed by atoms with Crippen molar-refractivity contribution >= 4 is 6.08 Å². The van der Waals surface area contributed by atoms with Gasteiger partial charge in [0, 0.05) is 11.6 Å². The number of methoxy groups -OCH3 is 1. The summed E-state index contributed by atoms with van der Waals surface area (Å²) in [4.78, 5) is 10.1. The first-order chi connectivity index (χ1) is 7.20. The van der Waals surface area contributed by atoms with Crippen LogP contribution in [-0.4, -0.2) is 18.6 Å². The lowest BCUT2D eigenvalue weighted by Crippen LogP contribution is -2.13. The third kappa shape index (κ3) is 1.76. The van der Waals surface area contributed by atoms with E-state index < -0.39 is 4.92 Å². The molecule has 0 atom stereocenters. The fourth-order valence-corrected chi connectivity index (χ4v) is 1.38. The Balaban J connectivity index is 2.43. The second-order valence-corrected chi connectivity index (χ2v) is 3.09. The molecule has 0 radical (unpaired) electrons. The van der Waals surface area contributed by atoms with Crippen molar-refractivity contribution in [2.45, 2.75) is 0 Å². The van der Waals surface area contributed by atoms with Crippen LogP contribution in [0.5, 0.6) is 11.5 Å². The van der Waals surface area contributed by atoms with Gasteiger partial charge in [0.25, 0.3) is 5.70 Å². The molecule has 0 unspecified atom stereocenters. The fourth-order valence-electron chi connectivity index (χ4n) is 1.38. The van der Waals surface area contributed by atoms with E-state index in [0.717, 1.165) is 0 Å². The summed E-state index contributed by atoms with van der Waals surface area (Å²) in [6, 6.07) is 5.20. The van der Waals surface area contributed by atoms with E-state index in [0.29, 0.717) is 17.1 Å². The average Bonchev–Trinajstić information content (AvgIpc) is 2.27. The Kier molecular flexibility index (Phi) is 2.29. The van der Waals surface area contributed by atoms with Gasteiger partial charge in [-0.05, 0) is 18.2 Å². The highest BCUT2D eigenvalue weighted by Crippen LogP contribution is 2.29. The van der Waals surface area contributed by atoms with Crippen molar-refractivity contribution in [2.75, 3.05) is 13.7 Å². The van der Waals surface area contributed by atoms with E-state index in [2.05, 4.69) is 0 Å². The van der Waals surface area contributed by atoms with Crippen molar-refractivity contribution in [1.82, 2.24) is 0 Å². The number of ether oxygens (including phenoxy) is 2. The van der Waals surface area contributed by atoms with E-state index >= 15 is 0 Å². The average molecular weight is 207 g/mol. The third-order valence-corrected chi connectivity index (χ3v) is 2.15. The number of nitrogens with zero attached hydrogens (tertiary/aromatic N) is 1. The van der Waals surface area contributed by atoms with Crippen LogP contribution in [0.25, 0.3) is 6.08 Å². The highest BCUT2D eigenvalue weighted by molar-refractivity contribution is 5.62. The van der Waals surface area contributed by atoms with Crippen LogP contribution in [-0.2, 0) is 0 Å². The van der Waals surface area contributed by atoms with Crippen molar-refractivity contribution in [1.29, 1.82) is 0 Å². The van der Waals surface area contributed by atoms with Gasteiger partial charge in [0.1, 0.15) is 11.5 Å². The molecule has 15 heavy (non-hydrogen) atoms. The van der Waals surface area contributed by atoms with Crippen molar-refractivity contribution in [2.24, 2.45) is 0 Å². The van der Waals surface area contributed by atoms with Crippen molar-refractivity contribution in [3.05, 3.63) is 39.6 Å². The molecule has 2 rings (SSSR count). The summed E-state index contributed by atoms with van der Waals surface area (Å²) in [6.45, 7) is 0.00628. The van der Waals surface area contributed by atoms with Gasteiger partial charge < -0.3 is 9.47 Å². The predicted octanol–water partition coefficient (Wildman–Crippen LogP) is 1.71. The normalized spacial score (nSPS) is 13.5. The molecule has 0 aliphatic carbocycles. The van der Waals surface area contributed by atoms with Crippen molar-refractivity contribution in [3.63, 3.8) is 0 Å². The molecule has 1 aromatic rings. The van der Waals surface area contributed by atoms with Crippen LogP contribution >= 0.6 is 0 Å². The lowest BCUT2D eigenvalue weighted by molar-refractivity contribution is -0.427. The van der Waals surface area contributed by atoms with Crippen LogP contribution < -0.4 is 9.47 Å². The smallest absolute Gasteiger partial charge is 0.284 e. The zero-order valence-electron chi connectivity index (χ0n) is 8.10. The van der Waals surface area contributed by atoms with Gasteiger partial charge in [-0.3, -0.25) is 10.1 Å². The molecule has 1 heterocycles. The van der Waals surface area contributed by atoms with E-state index in [1.54, 1.807) is 25.3 Å². The number of rotatable bonds is 2. The SMILES string of the molecule is COc1ccc2c(c1)C=C([N+](=O)[O-])CO2. The second-order valence-electron chi connectivity index (χ2n) is 3.09. The zero-order valence-corrected chi connectivity index (χ0v) is 8.10. The van der Waals surface area contributed by atoms with Gasteiger partial charge in [0.05, 0.1) is 12.0 Å². The molecule has 0 saturated heterocycles. The summed E-state index contributed by atoms with van der Waals surface area (Å²) in [6.07, 6.45) is 1.50. The molecular weight excluding hydrogens is 198 g/mol. The molecule has 1 aromatic carbocycles. The van der Waals surface area contributed by atoms with Gasteiger partial charge >= 0.3 is 0 Å². The molecule has 0 spiro atoms. The summed E-state index contributed by atoms with van der Waals surface area (Å²) >= 11 is 0. The molecule has 0 fully saturated rings. The van der Waals surface area contributed by atoms with E-state index in [1.807, 2.05) is 0 Å². The fraction of sp³-hybridized carbons (Fsp3) is 0.200. The summed E-state index contributed by atoms with van der Waals surface area (Å²) < 4.78 is 10.3. The first-order valence-electron chi connectivity index (χ1n) is 4.36. The highest BCUT2D eigenvalue weighted by Gasteiger charge is 2.19. The minimum atomic E-state index is -0.442. The highest BCUT2D eigenvalue weighted by atomic mass is 16.6. The molecule has 1 aliphatic heterocycles. The Morgan fingerprint density at radius 3 is 3.00 bits per heavy atom. The van der Waals surface area contributed by atoms with Gasteiger partial charge in [-0.2, -0.15) is 0 Å². The molecule has 0 N–H and O–H groups in total. The maximum absolute atomic E-state index is 10.5. The Bertz CT molecular complexity index is 439. The molecule has 0 aromatic heterocycles. The second kappa shape index (κ2) is 3.61. The van der Waals surface area contributed by atoms with Crippen molar-refractivity contribution in [3.8, 4) is 11.5 Å². The summed E-state index contributed by atoms with van der Waals surface area (Å²) in [7, 11) is 1.55. The topological polar surface area (TPSA) is 61.6 Å². The van der Waals surface area contributed by atoms with E-state index in [-0.39, 0.29) is 12.3 Å². The maximum atomic E-state index is 10.5. The minimum Gasteiger partial charge on any atom is -0.497 e. The Morgan fingerprint density at radius 2 is 2.33 bits per heavy atom. The molecule has 0 bridgehead atoms. The number of fused-ring (bicyclic) bond motifs is 1. The van der Waals surface area contributed by atoms with Crippen LogP contribution in [0, 0.1) is 10.1 Å². The van der Waals surface area contributed by atoms with Crippen LogP contribution in [0.4, 0.5) is 0 Å². The number of benzene rings is 1. The van der Waals surface area contributed by atoms with Gasteiger partial charge in [-0.15, -0.1) is 0 Å². The van der Waals surface area contributed by atoms with Gasteiger partial charge in [0.15, 0.2) is 6.61 Å². The van der Waals surface area contributed by atoms with E-state index in [1.165, 1.54) is 6.08 Å². The number of hydrogen-bond acceptors (Lipinski definition) is 4. The monoisotopic (exact) mass is 207 g/mol. The summed E-state index contributed by atoms with van der Waals surface area (Å²) in [5.41, 5.74) is 0.725. The van der Waals surface area contributed by atoms with E-state index in [9.17, 15) is 10.1 Å².